The molecule has 3 rings (SSSR count). The lowest BCUT2D eigenvalue weighted by Crippen LogP contribution is -2.42. The Morgan fingerprint density at radius 2 is 2.03 bits per heavy atom. The molecule has 2 amide bonds. The molecule has 1 aliphatic rings. The van der Waals surface area contributed by atoms with Crippen LogP contribution in [0.25, 0.3) is 11.3 Å². The second kappa shape index (κ2) is 9.11. The summed E-state index contributed by atoms with van der Waals surface area (Å²) < 4.78 is 10.8. The van der Waals surface area contributed by atoms with Gasteiger partial charge < -0.3 is 19.4 Å². The van der Waals surface area contributed by atoms with Crippen molar-refractivity contribution in [1.29, 1.82) is 0 Å². The van der Waals surface area contributed by atoms with Crippen LogP contribution in [0, 0.1) is 5.92 Å². The van der Waals surface area contributed by atoms with Crippen molar-refractivity contribution in [2.75, 3.05) is 13.1 Å². The van der Waals surface area contributed by atoms with Crippen LogP contribution in [0.2, 0.25) is 0 Å². The van der Waals surface area contributed by atoms with E-state index < -0.39 is 5.60 Å². The second-order valence-electron chi connectivity index (χ2n) is 8.45. The summed E-state index contributed by atoms with van der Waals surface area (Å²) in [5, 5.41) is 2.97. The topological polar surface area (TPSA) is 84.7 Å². The van der Waals surface area contributed by atoms with Crippen LogP contribution < -0.4 is 5.32 Å². The van der Waals surface area contributed by atoms with Gasteiger partial charge in [-0.05, 0) is 63.3 Å². The zero-order valence-electron chi connectivity index (χ0n) is 17.3. The van der Waals surface area contributed by atoms with E-state index in [1.807, 2.05) is 39.0 Å². The molecular formula is C22H29N3O4. The summed E-state index contributed by atoms with van der Waals surface area (Å²) in [6, 6.07) is 5.67. The smallest absolute Gasteiger partial charge is 0.410 e. The van der Waals surface area contributed by atoms with Gasteiger partial charge in [-0.25, -0.2) is 4.79 Å². The fourth-order valence-corrected chi connectivity index (χ4v) is 3.34. The van der Waals surface area contributed by atoms with E-state index in [9.17, 15) is 9.59 Å². The van der Waals surface area contributed by atoms with E-state index in [0.717, 1.165) is 29.7 Å². The van der Waals surface area contributed by atoms with Crippen LogP contribution in [0.15, 0.2) is 41.3 Å². The number of carbonyl (C=O) groups excluding carboxylic acids is 2. The van der Waals surface area contributed by atoms with Crippen LogP contribution in [0.3, 0.4) is 0 Å². The fraction of sp³-hybridized carbons (Fsp3) is 0.500. The molecule has 7 nitrogen and oxygen atoms in total. The van der Waals surface area contributed by atoms with E-state index in [1.54, 1.807) is 23.6 Å². The summed E-state index contributed by atoms with van der Waals surface area (Å²) in [5.41, 5.74) is 1.32. The third-order valence-corrected chi connectivity index (χ3v) is 4.83. The maximum absolute atomic E-state index is 12.3. The SMILES string of the molecule is CC(C)(C)OC(=O)N1CCC(CC(=O)NCc2cncc(-c3ccco3)c2)CC1. The molecule has 1 N–H and O–H groups in total. The van der Waals surface area contributed by atoms with Gasteiger partial charge >= 0.3 is 6.09 Å². The number of furan rings is 1. The average molecular weight is 399 g/mol. The van der Waals surface area contributed by atoms with Crippen molar-refractivity contribution in [1.82, 2.24) is 15.2 Å². The highest BCUT2D eigenvalue weighted by Crippen LogP contribution is 2.23. The van der Waals surface area contributed by atoms with Crippen molar-refractivity contribution in [3.8, 4) is 11.3 Å². The number of hydrogen-bond donors (Lipinski definition) is 1. The van der Waals surface area contributed by atoms with Gasteiger partial charge in [-0.1, -0.05) is 0 Å². The molecule has 0 aliphatic carbocycles. The Morgan fingerprint density at radius 3 is 2.69 bits per heavy atom. The van der Waals surface area contributed by atoms with Gasteiger partial charge in [0.25, 0.3) is 0 Å². The minimum Gasteiger partial charge on any atom is -0.464 e. The Hall–Kier alpha value is -2.83. The number of amides is 2. The number of aromatic nitrogens is 1. The zero-order valence-corrected chi connectivity index (χ0v) is 17.3. The number of nitrogens with zero attached hydrogens (tertiary/aromatic N) is 2. The van der Waals surface area contributed by atoms with E-state index >= 15 is 0 Å². The lowest BCUT2D eigenvalue weighted by molar-refractivity contribution is -0.122. The molecule has 0 aromatic carbocycles. The summed E-state index contributed by atoms with van der Waals surface area (Å²) in [6.07, 6.45) is 6.91. The van der Waals surface area contributed by atoms with Crippen LogP contribution in [0.1, 0.15) is 45.6 Å². The number of pyridine rings is 1. The molecule has 0 bridgehead atoms. The molecule has 0 atom stereocenters. The number of carbonyl (C=O) groups is 2. The van der Waals surface area contributed by atoms with E-state index in [0.29, 0.717) is 26.1 Å². The van der Waals surface area contributed by atoms with Gasteiger partial charge in [-0.3, -0.25) is 9.78 Å². The first-order valence-corrected chi connectivity index (χ1v) is 10.0. The van der Waals surface area contributed by atoms with E-state index in [1.165, 1.54) is 0 Å². The Balaban J connectivity index is 1.42. The molecule has 0 spiro atoms. The molecule has 1 aliphatic heterocycles. The molecule has 7 heteroatoms. The number of rotatable bonds is 5. The van der Waals surface area contributed by atoms with Gasteiger partial charge in [0.05, 0.1) is 6.26 Å². The predicted molar refractivity (Wildman–Crippen MR) is 109 cm³/mol. The molecule has 2 aromatic rings. The van der Waals surface area contributed by atoms with Gasteiger partial charge in [0.1, 0.15) is 11.4 Å². The standard InChI is InChI=1S/C22H29N3O4/c1-22(2,3)29-21(27)25-8-6-16(7-9-25)12-20(26)24-14-17-11-18(15-23-13-17)19-5-4-10-28-19/h4-5,10-11,13,15-16H,6-9,12,14H2,1-3H3,(H,24,26). The summed E-state index contributed by atoms with van der Waals surface area (Å²) in [5.74, 6) is 1.05. The van der Waals surface area contributed by atoms with Gasteiger partial charge in [-0.15, -0.1) is 0 Å². The Bertz CT molecular complexity index is 819. The van der Waals surface area contributed by atoms with Crippen LogP contribution in [0.4, 0.5) is 4.79 Å². The number of likely N-dealkylation sites (tertiary alicyclic amines) is 1. The first-order chi connectivity index (χ1) is 13.8. The van der Waals surface area contributed by atoms with E-state index in [4.69, 9.17) is 9.15 Å². The number of hydrogen-bond acceptors (Lipinski definition) is 5. The fourth-order valence-electron chi connectivity index (χ4n) is 3.34. The maximum atomic E-state index is 12.3. The van der Waals surface area contributed by atoms with E-state index in [-0.39, 0.29) is 17.9 Å². The summed E-state index contributed by atoms with van der Waals surface area (Å²) in [4.78, 5) is 30.4. The molecule has 3 heterocycles. The highest BCUT2D eigenvalue weighted by molar-refractivity contribution is 5.76. The van der Waals surface area contributed by atoms with E-state index in [2.05, 4.69) is 10.3 Å². The average Bonchev–Trinajstić information content (AvgIpc) is 3.21. The van der Waals surface area contributed by atoms with Gasteiger partial charge in [-0.2, -0.15) is 0 Å². The van der Waals surface area contributed by atoms with Crippen molar-refractivity contribution >= 4 is 12.0 Å². The van der Waals surface area contributed by atoms with Gasteiger partial charge in [0.15, 0.2) is 0 Å². The summed E-state index contributed by atoms with van der Waals surface area (Å²) in [7, 11) is 0. The highest BCUT2D eigenvalue weighted by atomic mass is 16.6. The van der Waals surface area contributed by atoms with Crippen LogP contribution in [0.5, 0.6) is 0 Å². The monoisotopic (exact) mass is 399 g/mol. The molecule has 1 saturated heterocycles. The minimum atomic E-state index is -0.489. The first-order valence-electron chi connectivity index (χ1n) is 10.0. The van der Waals surface area contributed by atoms with Crippen molar-refractivity contribution < 1.29 is 18.7 Å². The summed E-state index contributed by atoms with van der Waals surface area (Å²) >= 11 is 0. The van der Waals surface area contributed by atoms with Crippen LogP contribution >= 0.6 is 0 Å². The molecule has 0 unspecified atom stereocenters. The molecule has 2 aromatic heterocycles. The Morgan fingerprint density at radius 1 is 1.28 bits per heavy atom. The molecule has 1 fully saturated rings. The zero-order chi connectivity index (χ0) is 20.9. The third-order valence-electron chi connectivity index (χ3n) is 4.83. The quantitative estimate of drug-likeness (QED) is 0.822. The Labute approximate surface area is 171 Å². The Kier molecular flexibility index (Phi) is 6.56. The van der Waals surface area contributed by atoms with Crippen molar-refractivity contribution in [2.45, 2.75) is 52.2 Å². The molecule has 0 saturated carbocycles. The lowest BCUT2D eigenvalue weighted by Gasteiger charge is -2.33. The molecular weight excluding hydrogens is 370 g/mol. The maximum Gasteiger partial charge on any atom is 0.410 e. The highest BCUT2D eigenvalue weighted by Gasteiger charge is 2.27. The van der Waals surface area contributed by atoms with Crippen molar-refractivity contribution in [3.05, 3.63) is 42.4 Å². The number of ether oxygens (including phenoxy) is 1. The van der Waals surface area contributed by atoms with Crippen LogP contribution in [-0.2, 0) is 16.1 Å². The predicted octanol–water partition coefficient (Wildman–Crippen LogP) is 4.00. The molecule has 156 valence electrons. The largest absolute Gasteiger partial charge is 0.464 e. The molecule has 0 radical (unpaired) electrons. The van der Waals surface area contributed by atoms with Crippen LogP contribution in [-0.4, -0.2) is 40.6 Å². The third kappa shape index (κ3) is 6.34. The summed E-state index contributed by atoms with van der Waals surface area (Å²) in [6.45, 7) is 7.27. The normalized spacial score (nSPS) is 15.2. The lowest BCUT2D eigenvalue weighted by atomic mass is 9.93. The second-order valence-corrected chi connectivity index (χ2v) is 8.45. The molecule has 29 heavy (non-hydrogen) atoms. The number of nitrogens with one attached hydrogen (secondary N) is 1. The minimum absolute atomic E-state index is 0.0177. The number of piperidine rings is 1. The first kappa shape index (κ1) is 20.9. The van der Waals surface area contributed by atoms with Crippen molar-refractivity contribution in [3.63, 3.8) is 0 Å². The van der Waals surface area contributed by atoms with Gasteiger partial charge in [0.2, 0.25) is 5.91 Å². The van der Waals surface area contributed by atoms with Gasteiger partial charge in [0, 0.05) is 44.0 Å². The van der Waals surface area contributed by atoms with Crippen molar-refractivity contribution in [2.24, 2.45) is 5.92 Å².